The van der Waals surface area contributed by atoms with Gasteiger partial charge in [-0.1, -0.05) is 43.7 Å². The standard InChI is InChI=1S/C19H24N2O3S/c1-3-4-14-20-19(22)17-10-12-18(13-11-17)25(23,24)21-15(2)16-8-6-5-7-9-16/h5-13,15,21H,3-4,14H2,1-2H3,(H,20,22). The summed E-state index contributed by atoms with van der Waals surface area (Å²) in [6.45, 7) is 4.46. The van der Waals surface area contributed by atoms with E-state index in [1.54, 1.807) is 6.92 Å². The Hall–Kier alpha value is -2.18. The van der Waals surface area contributed by atoms with Crippen molar-refractivity contribution in [3.05, 3.63) is 65.7 Å². The first-order chi connectivity index (χ1) is 11.9. The zero-order valence-electron chi connectivity index (χ0n) is 14.5. The summed E-state index contributed by atoms with van der Waals surface area (Å²) < 4.78 is 27.6. The minimum absolute atomic E-state index is 0.139. The molecule has 2 aromatic carbocycles. The fourth-order valence-corrected chi connectivity index (χ4v) is 3.61. The molecule has 0 radical (unpaired) electrons. The molecule has 134 valence electrons. The Kier molecular flexibility index (Phi) is 6.73. The highest BCUT2D eigenvalue weighted by Crippen LogP contribution is 2.17. The molecule has 1 unspecified atom stereocenters. The number of unbranched alkanes of at least 4 members (excludes halogenated alkanes) is 1. The largest absolute Gasteiger partial charge is 0.352 e. The zero-order chi connectivity index (χ0) is 18.3. The van der Waals surface area contributed by atoms with Gasteiger partial charge in [0, 0.05) is 18.2 Å². The molecule has 1 atom stereocenters. The number of benzene rings is 2. The molecule has 0 fully saturated rings. The lowest BCUT2D eigenvalue weighted by molar-refractivity contribution is 0.0953. The lowest BCUT2D eigenvalue weighted by atomic mass is 10.1. The van der Waals surface area contributed by atoms with E-state index in [4.69, 9.17) is 0 Å². The molecule has 0 aliphatic heterocycles. The predicted molar refractivity (Wildman–Crippen MR) is 98.9 cm³/mol. The van der Waals surface area contributed by atoms with Crippen LogP contribution in [-0.4, -0.2) is 20.9 Å². The van der Waals surface area contributed by atoms with Crippen molar-refractivity contribution in [3.63, 3.8) is 0 Å². The van der Waals surface area contributed by atoms with Crippen LogP contribution in [0.25, 0.3) is 0 Å². The second-order valence-electron chi connectivity index (χ2n) is 5.89. The van der Waals surface area contributed by atoms with Gasteiger partial charge in [0.15, 0.2) is 0 Å². The minimum atomic E-state index is -3.65. The van der Waals surface area contributed by atoms with Crippen LogP contribution in [0.2, 0.25) is 0 Å². The molecule has 0 aliphatic rings. The third-order valence-corrected chi connectivity index (χ3v) is 5.43. The summed E-state index contributed by atoms with van der Waals surface area (Å²) in [6.07, 6.45) is 1.92. The molecule has 0 aliphatic carbocycles. The number of rotatable bonds is 8. The summed E-state index contributed by atoms with van der Waals surface area (Å²) in [6, 6.07) is 15.0. The summed E-state index contributed by atoms with van der Waals surface area (Å²) in [7, 11) is -3.65. The predicted octanol–water partition coefficient (Wildman–Crippen LogP) is 3.26. The van der Waals surface area contributed by atoms with Gasteiger partial charge >= 0.3 is 0 Å². The van der Waals surface area contributed by atoms with Crippen LogP contribution in [0.3, 0.4) is 0 Å². The Morgan fingerprint density at radius 2 is 1.68 bits per heavy atom. The number of sulfonamides is 1. The first-order valence-corrected chi connectivity index (χ1v) is 9.88. The number of nitrogens with one attached hydrogen (secondary N) is 2. The fraction of sp³-hybridized carbons (Fsp3) is 0.316. The topological polar surface area (TPSA) is 75.3 Å². The van der Waals surface area contributed by atoms with Crippen LogP contribution in [0, 0.1) is 0 Å². The maximum Gasteiger partial charge on any atom is 0.251 e. The van der Waals surface area contributed by atoms with Crippen molar-refractivity contribution in [2.24, 2.45) is 0 Å². The van der Waals surface area contributed by atoms with Crippen molar-refractivity contribution in [3.8, 4) is 0 Å². The van der Waals surface area contributed by atoms with Crippen LogP contribution in [0.15, 0.2) is 59.5 Å². The Bertz CT molecular complexity index is 787. The van der Waals surface area contributed by atoms with Crippen LogP contribution < -0.4 is 10.0 Å². The van der Waals surface area contributed by atoms with Crippen LogP contribution in [0.4, 0.5) is 0 Å². The molecule has 2 N–H and O–H groups in total. The van der Waals surface area contributed by atoms with E-state index in [9.17, 15) is 13.2 Å². The first-order valence-electron chi connectivity index (χ1n) is 8.39. The molecule has 2 aromatic rings. The number of carbonyl (C=O) groups is 1. The molecule has 25 heavy (non-hydrogen) atoms. The minimum Gasteiger partial charge on any atom is -0.352 e. The van der Waals surface area contributed by atoms with E-state index in [2.05, 4.69) is 17.0 Å². The van der Waals surface area contributed by atoms with Crippen molar-refractivity contribution >= 4 is 15.9 Å². The number of hydrogen-bond acceptors (Lipinski definition) is 3. The van der Waals surface area contributed by atoms with Crippen LogP contribution in [-0.2, 0) is 10.0 Å². The Labute approximate surface area is 149 Å². The number of carbonyl (C=O) groups excluding carboxylic acids is 1. The number of hydrogen-bond donors (Lipinski definition) is 2. The molecule has 0 heterocycles. The van der Waals surface area contributed by atoms with Crippen molar-refractivity contribution < 1.29 is 13.2 Å². The first kappa shape index (κ1) is 19.1. The maximum atomic E-state index is 12.5. The van der Waals surface area contributed by atoms with Gasteiger partial charge in [0.1, 0.15) is 0 Å². The zero-order valence-corrected chi connectivity index (χ0v) is 15.3. The SMILES string of the molecule is CCCCNC(=O)c1ccc(S(=O)(=O)NC(C)c2ccccc2)cc1. The van der Waals surface area contributed by atoms with Gasteiger partial charge in [0.2, 0.25) is 10.0 Å². The quantitative estimate of drug-likeness (QED) is 0.710. The van der Waals surface area contributed by atoms with E-state index in [-0.39, 0.29) is 16.8 Å². The average molecular weight is 360 g/mol. The second-order valence-corrected chi connectivity index (χ2v) is 7.60. The second kappa shape index (κ2) is 8.78. The average Bonchev–Trinajstić information content (AvgIpc) is 2.62. The summed E-state index contributed by atoms with van der Waals surface area (Å²) in [4.78, 5) is 12.1. The Morgan fingerprint density at radius 3 is 2.28 bits per heavy atom. The monoisotopic (exact) mass is 360 g/mol. The highest BCUT2D eigenvalue weighted by Gasteiger charge is 2.18. The van der Waals surface area contributed by atoms with E-state index in [1.165, 1.54) is 24.3 Å². The molecule has 0 saturated carbocycles. The molecule has 1 amide bonds. The van der Waals surface area contributed by atoms with Gasteiger partial charge in [0.05, 0.1) is 4.90 Å². The molecule has 0 spiro atoms. The van der Waals surface area contributed by atoms with Gasteiger partial charge in [-0.2, -0.15) is 0 Å². The molecule has 0 bridgehead atoms. The Balaban J connectivity index is 2.06. The van der Waals surface area contributed by atoms with Gasteiger partial charge in [0.25, 0.3) is 5.91 Å². The molecule has 2 rings (SSSR count). The van der Waals surface area contributed by atoms with Crippen LogP contribution in [0.1, 0.15) is 48.7 Å². The Morgan fingerprint density at radius 1 is 1.04 bits per heavy atom. The molecular formula is C19H24N2O3S. The van der Waals surface area contributed by atoms with E-state index in [0.717, 1.165) is 18.4 Å². The highest BCUT2D eigenvalue weighted by molar-refractivity contribution is 7.89. The van der Waals surface area contributed by atoms with Gasteiger partial charge in [-0.3, -0.25) is 4.79 Å². The normalized spacial score (nSPS) is 12.6. The van der Waals surface area contributed by atoms with E-state index >= 15 is 0 Å². The molecule has 0 saturated heterocycles. The smallest absolute Gasteiger partial charge is 0.251 e. The molecular weight excluding hydrogens is 336 g/mol. The van der Waals surface area contributed by atoms with Crippen molar-refractivity contribution in [1.82, 2.24) is 10.0 Å². The van der Waals surface area contributed by atoms with E-state index in [0.29, 0.717) is 12.1 Å². The van der Waals surface area contributed by atoms with Gasteiger partial charge in [-0.15, -0.1) is 0 Å². The van der Waals surface area contributed by atoms with Crippen molar-refractivity contribution in [1.29, 1.82) is 0 Å². The van der Waals surface area contributed by atoms with Crippen molar-refractivity contribution in [2.75, 3.05) is 6.54 Å². The lowest BCUT2D eigenvalue weighted by Crippen LogP contribution is -2.27. The lowest BCUT2D eigenvalue weighted by Gasteiger charge is -2.15. The van der Waals surface area contributed by atoms with E-state index < -0.39 is 10.0 Å². The van der Waals surface area contributed by atoms with Crippen LogP contribution >= 0.6 is 0 Å². The summed E-state index contributed by atoms with van der Waals surface area (Å²) in [5.74, 6) is -0.192. The third-order valence-electron chi connectivity index (χ3n) is 3.87. The molecule has 0 aromatic heterocycles. The molecule has 5 nitrogen and oxygen atoms in total. The highest BCUT2D eigenvalue weighted by atomic mass is 32.2. The summed E-state index contributed by atoms with van der Waals surface area (Å²) >= 11 is 0. The van der Waals surface area contributed by atoms with Crippen molar-refractivity contribution in [2.45, 2.75) is 37.6 Å². The fourth-order valence-electron chi connectivity index (χ4n) is 2.38. The van der Waals surface area contributed by atoms with Gasteiger partial charge < -0.3 is 5.32 Å². The third kappa shape index (κ3) is 5.41. The van der Waals surface area contributed by atoms with Crippen LogP contribution in [0.5, 0.6) is 0 Å². The summed E-state index contributed by atoms with van der Waals surface area (Å²) in [5, 5.41) is 2.81. The number of amides is 1. The summed E-state index contributed by atoms with van der Waals surface area (Å²) in [5.41, 5.74) is 1.34. The molecule has 6 heteroatoms. The van der Waals surface area contributed by atoms with Gasteiger partial charge in [-0.25, -0.2) is 13.1 Å². The maximum absolute atomic E-state index is 12.5. The van der Waals surface area contributed by atoms with Gasteiger partial charge in [-0.05, 0) is 43.2 Å². The van der Waals surface area contributed by atoms with E-state index in [1.807, 2.05) is 30.3 Å².